The third-order valence-electron chi connectivity index (χ3n) is 2.44. The van der Waals surface area contributed by atoms with Crippen LogP contribution in [0.15, 0.2) is 41.0 Å². The van der Waals surface area contributed by atoms with Gasteiger partial charge in [0.1, 0.15) is 0 Å². The van der Waals surface area contributed by atoms with Crippen LogP contribution in [0.1, 0.15) is 16.1 Å². The zero-order chi connectivity index (χ0) is 13.1. The lowest BCUT2D eigenvalue weighted by atomic mass is 10.2. The van der Waals surface area contributed by atoms with Crippen molar-refractivity contribution in [2.75, 3.05) is 11.1 Å². The largest absolute Gasteiger partial charge is 0.399 e. The molecule has 2 rings (SSSR count). The van der Waals surface area contributed by atoms with E-state index >= 15 is 0 Å². The number of nitrogen functional groups attached to an aromatic ring is 1. The van der Waals surface area contributed by atoms with Crippen molar-refractivity contribution < 1.29 is 4.79 Å². The molecule has 0 unspecified atom stereocenters. The smallest absolute Gasteiger partial charge is 0.255 e. The molecule has 0 aliphatic rings. The van der Waals surface area contributed by atoms with Crippen molar-refractivity contribution in [2.45, 2.75) is 6.92 Å². The first kappa shape index (κ1) is 12.6. The van der Waals surface area contributed by atoms with Crippen molar-refractivity contribution in [3.63, 3.8) is 0 Å². The van der Waals surface area contributed by atoms with Crippen molar-refractivity contribution in [1.82, 2.24) is 4.98 Å². The molecule has 0 aliphatic carbocycles. The SMILES string of the molecule is Cc1ncccc1NC(=O)c1cc(N)cc(Br)c1. The summed E-state index contributed by atoms with van der Waals surface area (Å²) in [5.41, 5.74) is 8.21. The first-order valence-electron chi connectivity index (χ1n) is 5.35. The van der Waals surface area contributed by atoms with Crippen LogP contribution in [0.5, 0.6) is 0 Å². The summed E-state index contributed by atoms with van der Waals surface area (Å²) >= 11 is 3.31. The van der Waals surface area contributed by atoms with Crippen LogP contribution in [0.2, 0.25) is 0 Å². The highest BCUT2D eigenvalue weighted by Gasteiger charge is 2.09. The van der Waals surface area contributed by atoms with Gasteiger partial charge in [-0.25, -0.2) is 0 Å². The molecule has 1 aromatic carbocycles. The fourth-order valence-corrected chi connectivity index (χ4v) is 2.07. The highest BCUT2D eigenvalue weighted by molar-refractivity contribution is 9.10. The summed E-state index contributed by atoms with van der Waals surface area (Å²) in [6.07, 6.45) is 1.68. The summed E-state index contributed by atoms with van der Waals surface area (Å²) < 4.78 is 0.774. The quantitative estimate of drug-likeness (QED) is 0.838. The maximum atomic E-state index is 12.1. The third-order valence-corrected chi connectivity index (χ3v) is 2.90. The number of pyridine rings is 1. The van der Waals surface area contributed by atoms with E-state index in [1.54, 1.807) is 30.5 Å². The second kappa shape index (κ2) is 5.18. The van der Waals surface area contributed by atoms with Crippen LogP contribution in [0.3, 0.4) is 0 Å². The van der Waals surface area contributed by atoms with Crippen LogP contribution in [0.25, 0.3) is 0 Å². The number of hydrogen-bond acceptors (Lipinski definition) is 3. The van der Waals surface area contributed by atoms with E-state index in [-0.39, 0.29) is 5.91 Å². The second-order valence-corrected chi connectivity index (χ2v) is 4.78. The van der Waals surface area contributed by atoms with E-state index in [2.05, 4.69) is 26.2 Å². The molecule has 1 amide bonds. The van der Waals surface area contributed by atoms with Gasteiger partial charge in [-0.1, -0.05) is 15.9 Å². The molecule has 0 saturated heterocycles. The van der Waals surface area contributed by atoms with Crippen molar-refractivity contribution in [1.29, 1.82) is 0 Å². The van der Waals surface area contributed by atoms with E-state index in [1.807, 2.05) is 13.0 Å². The third kappa shape index (κ3) is 2.87. The lowest BCUT2D eigenvalue weighted by Gasteiger charge is -2.08. The molecule has 1 heterocycles. The second-order valence-electron chi connectivity index (χ2n) is 3.86. The minimum Gasteiger partial charge on any atom is -0.399 e. The minimum atomic E-state index is -0.209. The number of nitrogens with two attached hydrogens (primary N) is 1. The van der Waals surface area contributed by atoms with E-state index in [0.29, 0.717) is 16.9 Å². The number of aromatic nitrogens is 1. The number of anilines is 2. The normalized spacial score (nSPS) is 10.1. The average molecular weight is 306 g/mol. The standard InChI is InChI=1S/C13H12BrN3O/c1-8-12(3-2-4-16-8)17-13(18)9-5-10(14)7-11(15)6-9/h2-7H,15H2,1H3,(H,17,18). The molecule has 0 spiro atoms. The van der Waals surface area contributed by atoms with Gasteiger partial charge in [-0.3, -0.25) is 9.78 Å². The summed E-state index contributed by atoms with van der Waals surface area (Å²) in [7, 11) is 0. The van der Waals surface area contributed by atoms with Crippen LogP contribution < -0.4 is 11.1 Å². The number of nitrogens with one attached hydrogen (secondary N) is 1. The highest BCUT2D eigenvalue weighted by atomic mass is 79.9. The number of rotatable bonds is 2. The van der Waals surface area contributed by atoms with Gasteiger partial charge in [0.2, 0.25) is 0 Å². The number of amides is 1. The van der Waals surface area contributed by atoms with E-state index in [9.17, 15) is 4.79 Å². The van der Waals surface area contributed by atoms with Crippen molar-refractivity contribution >= 4 is 33.2 Å². The molecule has 5 heteroatoms. The van der Waals surface area contributed by atoms with Gasteiger partial charge in [-0.2, -0.15) is 0 Å². The first-order valence-corrected chi connectivity index (χ1v) is 6.14. The predicted molar refractivity (Wildman–Crippen MR) is 75.5 cm³/mol. The summed E-state index contributed by atoms with van der Waals surface area (Å²) in [5.74, 6) is -0.209. The van der Waals surface area contributed by atoms with Gasteiger partial charge in [0.05, 0.1) is 11.4 Å². The molecule has 2 aromatic rings. The molecule has 0 fully saturated rings. The number of aryl methyl sites for hydroxylation is 1. The van der Waals surface area contributed by atoms with Crippen molar-refractivity contribution in [3.8, 4) is 0 Å². The molecule has 3 N–H and O–H groups in total. The number of benzene rings is 1. The maximum absolute atomic E-state index is 12.1. The Morgan fingerprint density at radius 1 is 1.39 bits per heavy atom. The Hall–Kier alpha value is -1.88. The topological polar surface area (TPSA) is 68.0 Å². The number of carbonyl (C=O) groups excluding carboxylic acids is 1. The van der Waals surface area contributed by atoms with Crippen LogP contribution in [-0.2, 0) is 0 Å². The van der Waals surface area contributed by atoms with E-state index in [1.165, 1.54) is 0 Å². The summed E-state index contributed by atoms with van der Waals surface area (Å²) in [6.45, 7) is 1.84. The minimum absolute atomic E-state index is 0.209. The number of halogens is 1. The molecule has 18 heavy (non-hydrogen) atoms. The van der Waals surface area contributed by atoms with Crippen LogP contribution in [0, 0.1) is 6.92 Å². The molecule has 92 valence electrons. The number of carbonyl (C=O) groups is 1. The Balaban J connectivity index is 2.25. The fourth-order valence-electron chi connectivity index (χ4n) is 1.55. The average Bonchev–Trinajstić information content (AvgIpc) is 2.31. The molecule has 0 bridgehead atoms. The molecule has 0 saturated carbocycles. The molecule has 1 aromatic heterocycles. The van der Waals surface area contributed by atoms with Gasteiger partial charge < -0.3 is 11.1 Å². The lowest BCUT2D eigenvalue weighted by molar-refractivity contribution is 0.102. The van der Waals surface area contributed by atoms with Crippen molar-refractivity contribution in [3.05, 3.63) is 52.3 Å². The van der Waals surface area contributed by atoms with Crippen LogP contribution in [0.4, 0.5) is 11.4 Å². The first-order chi connectivity index (χ1) is 8.56. The Labute approximate surface area is 113 Å². The van der Waals surface area contributed by atoms with Gasteiger partial charge in [0, 0.05) is 21.9 Å². The van der Waals surface area contributed by atoms with Crippen LogP contribution >= 0.6 is 15.9 Å². The molecule has 0 radical (unpaired) electrons. The van der Waals surface area contributed by atoms with E-state index < -0.39 is 0 Å². The zero-order valence-corrected chi connectivity index (χ0v) is 11.4. The maximum Gasteiger partial charge on any atom is 0.255 e. The Morgan fingerprint density at radius 2 is 2.17 bits per heavy atom. The monoisotopic (exact) mass is 305 g/mol. The highest BCUT2D eigenvalue weighted by Crippen LogP contribution is 2.19. The zero-order valence-electron chi connectivity index (χ0n) is 9.77. The molecule has 0 aliphatic heterocycles. The molecular formula is C13H12BrN3O. The lowest BCUT2D eigenvalue weighted by Crippen LogP contribution is -2.13. The van der Waals surface area contributed by atoms with Gasteiger partial charge >= 0.3 is 0 Å². The number of hydrogen-bond donors (Lipinski definition) is 2. The predicted octanol–water partition coefficient (Wildman–Crippen LogP) is 2.99. The van der Waals surface area contributed by atoms with Gasteiger partial charge in [-0.05, 0) is 37.3 Å². The molecule has 0 atom stereocenters. The molecule has 4 nitrogen and oxygen atoms in total. The van der Waals surface area contributed by atoms with Gasteiger partial charge in [0.15, 0.2) is 0 Å². The number of nitrogens with zero attached hydrogens (tertiary/aromatic N) is 1. The summed E-state index contributed by atoms with van der Waals surface area (Å²) in [5, 5.41) is 2.80. The van der Waals surface area contributed by atoms with E-state index in [4.69, 9.17) is 5.73 Å². The van der Waals surface area contributed by atoms with Crippen LogP contribution in [-0.4, -0.2) is 10.9 Å². The fraction of sp³-hybridized carbons (Fsp3) is 0.0769. The Kier molecular flexibility index (Phi) is 3.62. The van der Waals surface area contributed by atoms with Crippen molar-refractivity contribution in [2.24, 2.45) is 0 Å². The summed E-state index contributed by atoms with van der Waals surface area (Å²) in [4.78, 5) is 16.2. The van der Waals surface area contributed by atoms with Gasteiger partial charge in [0.25, 0.3) is 5.91 Å². The van der Waals surface area contributed by atoms with E-state index in [0.717, 1.165) is 10.2 Å². The van der Waals surface area contributed by atoms with Gasteiger partial charge in [-0.15, -0.1) is 0 Å². The molecular weight excluding hydrogens is 294 g/mol. The Bertz CT molecular complexity index is 578. The summed E-state index contributed by atoms with van der Waals surface area (Å²) in [6, 6.07) is 8.68. The Morgan fingerprint density at radius 3 is 2.83 bits per heavy atom.